The molecule has 0 unspecified atom stereocenters. The quantitative estimate of drug-likeness (QED) is 0.702. The number of hydrogen-bond donors (Lipinski definition) is 0. The zero-order valence-corrected chi connectivity index (χ0v) is 8.59. The van der Waals surface area contributed by atoms with Crippen molar-refractivity contribution in [2.75, 3.05) is 0 Å². The van der Waals surface area contributed by atoms with Gasteiger partial charge in [0, 0.05) is 22.3 Å². The van der Waals surface area contributed by atoms with E-state index in [2.05, 4.69) is 4.98 Å². The number of aromatic nitrogens is 1. The minimum Gasteiger partial charge on any atom is -0.243 e. The number of benzene rings is 1. The first-order valence-electron chi connectivity index (χ1n) is 3.87. The predicted molar refractivity (Wildman–Crippen MR) is 54.8 cm³/mol. The smallest absolute Gasteiger partial charge is 0.243 e. The molecule has 2 rings (SSSR count). The van der Waals surface area contributed by atoms with E-state index in [-0.39, 0.29) is 5.03 Å². The van der Waals surface area contributed by atoms with E-state index in [9.17, 15) is 8.42 Å². The lowest BCUT2D eigenvalue weighted by molar-refractivity contribution is 0.606. The average molecular weight is 228 g/mol. The molecule has 3 nitrogen and oxygen atoms in total. The molecule has 0 aliphatic rings. The number of rotatable bonds is 1. The minimum atomic E-state index is -3.73. The Morgan fingerprint density at radius 3 is 2.43 bits per heavy atom. The molecule has 0 radical (unpaired) electrons. The van der Waals surface area contributed by atoms with Crippen LogP contribution in [-0.4, -0.2) is 13.4 Å². The first kappa shape index (κ1) is 9.43. The molecule has 0 spiro atoms. The van der Waals surface area contributed by atoms with Gasteiger partial charge in [-0.25, -0.2) is 13.4 Å². The second kappa shape index (κ2) is 3.22. The Balaban J connectivity index is 2.75. The highest BCUT2D eigenvalue weighted by Gasteiger charge is 2.11. The minimum absolute atomic E-state index is 0.113. The van der Waals surface area contributed by atoms with Gasteiger partial charge in [-0.2, -0.15) is 0 Å². The van der Waals surface area contributed by atoms with Gasteiger partial charge in [-0.3, -0.25) is 0 Å². The monoisotopic (exact) mass is 227 g/mol. The maximum atomic E-state index is 11.0. The molecule has 0 bridgehead atoms. The van der Waals surface area contributed by atoms with Gasteiger partial charge in [0.15, 0.2) is 5.03 Å². The van der Waals surface area contributed by atoms with Crippen molar-refractivity contribution in [3.05, 3.63) is 36.5 Å². The molecule has 72 valence electrons. The molecule has 5 heteroatoms. The Labute approximate surface area is 85.8 Å². The summed E-state index contributed by atoms with van der Waals surface area (Å²) in [7, 11) is 1.44. The van der Waals surface area contributed by atoms with E-state index in [1.54, 1.807) is 0 Å². The van der Waals surface area contributed by atoms with E-state index < -0.39 is 9.05 Å². The summed E-state index contributed by atoms with van der Waals surface area (Å²) < 4.78 is 22.0. The Hall–Kier alpha value is -1.13. The lowest BCUT2D eigenvalue weighted by Gasteiger charge is -1.98. The fraction of sp³-hybridized carbons (Fsp3) is 0. The largest absolute Gasteiger partial charge is 0.278 e. The third kappa shape index (κ3) is 1.71. The van der Waals surface area contributed by atoms with Crippen molar-refractivity contribution < 1.29 is 8.42 Å². The molecule has 1 aromatic heterocycles. The van der Waals surface area contributed by atoms with Crippen LogP contribution in [0.4, 0.5) is 0 Å². The van der Waals surface area contributed by atoms with Crippen molar-refractivity contribution in [3.8, 4) is 0 Å². The van der Waals surface area contributed by atoms with E-state index in [4.69, 9.17) is 10.7 Å². The second-order valence-corrected chi connectivity index (χ2v) is 5.32. The predicted octanol–water partition coefficient (Wildman–Crippen LogP) is 2.16. The topological polar surface area (TPSA) is 47.0 Å². The van der Waals surface area contributed by atoms with E-state index in [1.165, 1.54) is 12.3 Å². The summed E-state index contributed by atoms with van der Waals surface area (Å²) in [6.07, 6.45) is 1.49. The van der Waals surface area contributed by atoms with E-state index in [1.807, 2.05) is 24.3 Å². The van der Waals surface area contributed by atoms with Crippen molar-refractivity contribution in [1.82, 2.24) is 4.98 Å². The second-order valence-electron chi connectivity index (χ2n) is 2.81. The molecular weight excluding hydrogens is 222 g/mol. The van der Waals surface area contributed by atoms with Gasteiger partial charge in [0.1, 0.15) is 0 Å². The Morgan fingerprint density at radius 1 is 1.14 bits per heavy atom. The van der Waals surface area contributed by atoms with Gasteiger partial charge in [-0.05, 0) is 11.5 Å². The zero-order valence-electron chi connectivity index (χ0n) is 7.01. The van der Waals surface area contributed by atoms with Gasteiger partial charge < -0.3 is 0 Å². The van der Waals surface area contributed by atoms with Crippen LogP contribution in [0.2, 0.25) is 0 Å². The molecule has 14 heavy (non-hydrogen) atoms. The summed E-state index contributed by atoms with van der Waals surface area (Å²) in [6, 6.07) is 8.80. The van der Waals surface area contributed by atoms with Crippen molar-refractivity contribution in [1.29, 1.82) is 0 Å². The standard InChI is InChI=1S/C9H6ClNO2S/c10-14(12,13)9-5-7-3-1-2-4-8(7)6-11-9/h1-6H. The van der Waals surface area contributed by atoms with Crippen LogP contribution in [0.5, 0.6) is 0 Å². The molecule has 0 fully saturated rings. The Morgan fingerprint density at radius 2 is 1.79 bits per heavy atom. The van der Waals surface area contributed by atoms with Crippen LogP contribution in [0, 0.1) is 0 Å². The Kier molecular flexibility index (Phi) is 2.17. The van der Waals surface area contributed by atoms with Crippen molar-refractivity contribution in [2.45, 2.75) is 5.03 Å². The van der Waals surface area contributed by atoms with Gasteiger partial charge in [0.05, 0.1) is 0 Å². The van der Waals surface area contributed by atoms with Crippen LogP contribution in [-0.2, 0) is 9.05 Å². The van der Waals surface area contributed by atoms with E-state index >= 15 is 0 Å². The number of nitrogens with zero attached hydrogens (tertiary/aromatic N) is 1. The molecule has 0 aliphatic carbocycles. The van der Waals surface area contributed by atoms with Crippen LogP contribution >= 0.6 is 10.7 Å². The van der Waals surface area contributed by atoms with Crippen molar-refractivity contribution in [2.24, 2.45) is 0 Å². The summed E-state index contributed by atoms with van der Waals surface area (Å²) in [5.41, 5.74) is 0. The van der Waals surface area contributed by atoms with Gasteiger partial charge in [0.2, 0.25) is 0 Å². The third-order valence-electron chi connectivity index (χ3n) is 1.86. The zero-order chi connectivity index (χ0) is 10.2. The number of pyridine rings is 1. The molecule has 0 aliphatic heterocycles. The van der Waals surface area contributed by atoms with Gasteiger partial charge in [0.25, 0.3) is 9.05 Å². The molecule has 1 heterocycles. The van der Waals surface area contributed by atoms with Crippen LogP contribution in [0.15, 0.2) is 41.6 Å². The highest BCUT2D eigenvalue weighted by molar-refractivity contribution is 8.13. The molecule has 0 N–H and O–H groups in total. The maximum absolute atomic E-state index is 11.0. The first-order valence-corrected chi connectivity index (χ1v) is 6.18. The normalized spacial score (nSPS) is 11.8. The fourth-order valence-corrected chi connectivity index (χ4v) is 1.90. The highest BCUT2D eigenvalue weighted by Crippen LogP contribution is 2.18. The third-order valence-corrected chi connectivity index (χ3v) is 3.05. The lowest BCUT2D eigenvalue weighted by Crippen LogP contribution is -1.93. The average Bonchev–Trinajstić information content (AvgIpc) is 2.16. The van der Waals surface area contributed by atoms with Crippen LogP contribution in [0.25, 0.3) is 10.8 Å². The number of halogens is 1. The molecule has 0 atom stereocenters. The molecule has 2 aromatic rings. The molecular formula is C9H6ClNO2S. The lowest BCUT2D eigenvalue weighted by atomic mass is 10.2. The van der Waals surface area contributed by atoms with Gasteiger partial charge in [-0.15, -0.1) is 0 Å². The number of hydrogen-bond acceptors (Lipinski definition) is 3. The highest BCUT2D eigenvalue weighted by atomic mass is 35.7. The summed E-state index contributed by atoms with van der Waals surface area (Å²) >= 11 is 0. The maximum Gasteiger partial charge on any atom is 0.278 e. The molecule has 0 amide bonds. The summed E-state index contributed by atoms with van der Waals surface area (Å²) in [5, 5.41) is 1.58. The van der Waals surface area contributed by atoms with Crippen molar-refractivity contribution in [3.63, 3.8) is 0 Å². The van der Waals surface area contributed by atoms with Crippen LogP contribution < -0.4 is 0 Å². The van der Waals surface area contributed by atoms with Crippen LogP contribution in [0.1, 0.15) is 0 Å². The van der Waals surface area contributed by atoms with E-state index in [0.717, 1.165) is 10.8 Å². The Bertz CT molecular complexity index is 580. The summed E-state index contributed by atoms with van der Waals surface area (Å²) in [5.74, 6) is 0. The fourth-order valence-electron chi connectivity index (χ4n) is 1.20. The summed E-state index contributed by atoms with van der Waals surface area (Å²) in [4.78, 5) is 3.76. The summed E-state index contributed by atoms with van der Waals surface area (Å²) in [6.45, 7) is 0. The first-order chi connectivity index (χ1) is 6.57. The van der Waals surface area contributed by atoms with Crippen molar-refractivity contribution >= 4 is 30.5 Å². The molecule has 0 saturated carbocycles. The SMILES string of the molecule is O=S(=O)(Cl)c1cc2ccccc2cn1. The van der Waals surface area contributed by atoms with Gasteiger partial charge in [-0.1, -0.05) is 24.3 Å². The van der Waals surface area contributed by atoms with Gasteiger partial charge >= 0.3 is 0 Å². The van der Waals surface area contributed by atoms with Crippen LogP contribution in [0.3, 0.4) is 0 Å². The molecule has 1 aromatic carbocycles. The van der Waals surface area contributed by atoms with E-state index in [0.29, 0.717) is 0 Å². The molecule has 0 saturated heterocycles. The number of fused-ring (bicyclic) bond motifs is 1.